The lowest BCUT2D eigenvalue weighted by Crippen LogP contribution is -2.47. The zero-order valence-corrected chi connectivity index (χ0v) is 19.8. The number of nitrogens with two attached hydrogens (primary N) is 1. The molecular weight excluding hydrogens is 426 g/mol. The molecule has 3 rings (SSSR count). The SMILES string of the molecule is CCCCn1c(N)c(N(CCC(C)C)C(=O)CN2C(=O)[C@@H]3CCCC[C@H]3C2=O)c(=O)[nH]c1=O. The molecule has 0 spiro atoms. The van der Waals surface area contributed by atoms with E-state index in [1.165, 1.54) is 9.47 Å². The van der Waals surface area contributed by atoms with E-state index in [0.29, 0.717) is 32.2 Å². The smallest absolute Gasteiger partial charge is 0.330 e. The molecule has 0 aromatic carbocycles. The number of hydrogen-bond donors (Lipinski definition) is 2. The molecule has 0 unspecified atom stereocenters. The monoisotopic (exact) mass is 461 g/mol. The molecule has 1 aliphatic heterocycles. The molecule has 33 heavy (non-hydrogen) atoms. The number of aromatic nitrogens is 2. The van der Waals surface area contributed by atoms with Crippen LogP contribution in [-0.2, 0) is 20.9 Å². The van der Waals surface area contributed by atoms with E-state index in [4.69, 9.17) is 5.73 Å². The van der Waals surface area contributed by atoms with Crippen molar-refractivity contribution in [1.82, 2.24) is 14.5 Å². The van der Waals surface area contributed by atoms with Crippen LogP contribution in [0.15, 0.2) is 9.59 Å². The number of nitrogens with zero attached hydrogens (tertiary/aromatic N) is 3. The number of fused-ring (bicyclic) bond motifs is 1. The molecule has 1 saturated carbocycles. The Morgan fingerprint density at radius 2 is 1.73 bits per heavy atom. The van der Waals surface area contributed by atoms with Crippen LogP contribution in [-0.4, -0.2) is 45.3 Å². The molecule has 0 bridgehead atoms. The molecule has 3 amide bonds. The predicted octanol–water partition coefficient (Wildman–Crippen LogP) is 1.47. The molecule has 2 fully saturated rings. The fourth-order valence-corrected chi connectivity index (χ4v) is 4.73. The number of rotatable bonds is 9. The predicted molar refractivity (Wildman–Crippen MR) is 125 cm³/mol. The molecule has 0 radical (unpaired) electrons. The highest BCUT2D eigenvalue weighted by atomic mass is 16.2. The van der Waals surface area contributed by atoms with Gasteiger partial charge in [0.25, 0.3) is 5.56 Å². The average molecular weight is 462 g/mol. The number of amides is 3. The topological polar surface area (TPSA) is 139 Å². The zero-order valence-electron chi connectivity index (χ0n) is 19.8. The van der Waals surface area contributed by atoms with Crippen LogP contribution in [0.4, 0.5) is 11.5 Å². The van der Waals surface area contributed by atoms with Crippen LogP contribution in [0, 0.1) is 17.8 Å². The first-order valence-electron chi connectivity index (χ1n) is 12.0. The fourth-order valence-electron chi connectivity index (χ4n) is 4.73. The van der Waals surface area contributed by atoms with E-state index >= 15 is 0 Å². The summed E-state index contributed by atoms with van der Waals surface area (Å²) in [7, 11) is 0. The first-order chi connectivity index (χ1) is 15.7. The van der Waals surface area contributed by atoms with Crippen molar-refractivity contribution in [1.29, 1.82) is 0 Å². The molecule has 2 heterocycles. The molecule has 1 saturated heterocycles. The summed E-state index contributed by atoms with van der Waals surface area (Å²) in [5.74, 6) is -1.74. The number of nitrogen functional groups attached to an aromatic ring is 1. The third kappa shape index (κ3) is 5.04. The summed E-state index contributed by atoms with van der Waals surface area (Å²) in [6, 6.07) is 0. The number of carbonyl (C=O) groups is 3. The molecule has 182 valence electrons. The quantitative estimate of drug-likeness (QED) is 0.534. The number of nitrogens with one attached hydrogen (secondary N) is 1. The minimum atomic E-state index is -0.755. The molecule has 10 heteroatoms. The Bertz CT molecular complexity index is 1000. The summed E-state index contributed by atoms with van der Waals surface area (Å²) in [4.78, 5) is 68.7. The third-order valence-corrected chi connectivity index (χ3v) is 6.68. The van der Waals surface area contributed by atoms with Crippen LogP contribution in [0.2, 0.25) is 0 Å². The average Bonchev–Trinajstić information content (AvgIpc) is 3.00. The first-order valence-corrected chi connectivity index (χ1v) is 12.0. The van der Waals surface area contributed by atoms with E-state index in [-0.39, 0.29) is 47.6 Å². The van der Waals surface area contributed by atoms with Gasteiger partial charge in [0.15, 0.2) is 5.69 Å². The molecule has 1 aliphatic carbocycles. The molecular formula is C23H35N5O5. The van der Waals surface area contributed by atoms with Crippen LogP contribution >= 0.6 is 0 Å². The van der Waals surface area contributed by atoms with Gasteiger partial charge in [-0.1, -0.05) is 40.0 Å². The van der Waals surface area contributed by atoms with E-state index in [0.717, 1.165) is 24.2 Å². The number of carbonyl (C=O) groups excluding carboxylic acids is 3. The number of imide groups is 1. The van der Waals surface area contributed by atoms with Gasteiger partial charge >= 0.3 is 5.69 Å². The highest BCUT2D eigenvalue weighted by molar-refractivity contribution is 6.09. The van der Waals surface area contributed by atoms with Gasteiger partial charge in [0.1, 0.15) is 12.4 Å². The van der Waals surface area contributed by atoms with Gasteiger partial charge in [-0.3, -0.25) is 33.6 Å². The molecule has 3 N–H and O–H groups in total. The van der Waals surface area contributed by atoms with Crippen molar-refractivity contribution < 1.29 is 14.4 Å². The van der Waals surface area contributed by atoms with Crippen LogP contribution in [0.1, 0.15) is 65.7 Å². The Morgan fingerprint density at radius 1 is 1.12 bits per heavy atom. The Kier molecular flexibility index (Phi) is 7.76. The number of unbranched alkanes of at least 4 members (excludes halogenated alkanes) is 1. The minimum absolute atomic E-state index is 0.0814. The lowest BCUT2D eigenvalue weighted by molar-refractivity contribution is -0.143. The van der Waals surface area contributed by atoms with Gasteiger partial charge in [-0.2, -0.15) is 0 Å². The van der Waals surface area contributed by atoms with Crippen molar-refractivity contribution in [2.75, 3.05) is 23.7 Å². The van der Waals surface area contributed by atoms with Crippen molar-refractivity contribution >= 4 is 29.2 Å². The zero-order chi connectivity index (χ0) is 24.3. The Hall–Kier alpha value is -2.91. The van der Waals surface area contributed by atoms with E-state index in [1.54, 1.807) is 0 Å². The van der Waals surface area contributed by atoms with E-state index in [2.05, 4.69) is 4.98 Å². The van der Waals surface area contributed by atoms with E-state index in [9.17, 15) is 24.0 Å². The minimum Gasteiger partial charge on any atom is -0.383 e. The summed E-state index contributed by atoms with van der Waals surface area (Å²) in [5, 5.41) is 0. The van der Waals surface area contributed by atoms with Crippen LogP contribution in [0.25, 0.3) is 0 Å². The Balaban J connectivity index is 1.94. The van der Waals surface area contributed by atoms with Gasteiger partial charge in [0.05, 0.1) is 11.8 Å². The second-order valence-electron chi connectivity index (χ2n) is 9.49. The van der Waals surface area contributed by atoms with Crippen molar-refractivity contribution in [2.45, 2.75) is 72.3 Å². The normalized spacial score (nSPS) is 20.4. The first kappa shape index (κ1) is 24.7. The van der Waals surface area contributed by atoms with E-state index < -0.39 is 23.7 Å². The van der Waals surface area contributed by atoms with Gasteiger partial charge in [0, 0.05) is 13.1 Å². The van der Waals surface area contributed by atoms with Crippen molar-refractivity contribution in [3.63, 3.8) is 0 Å². The van der Waals surface area contributed by atoms with Crippen molar-refractivity contribution in [3.8, 4) is 0 Å². The van der Waals surface area contributed by atoms with Crippen molar-refractivity contribution in [3.05, 3.63) is 20.8 Å². The number of likely N-dealkylation sites (tertiary alicyclic amines) is 1. The summed E-state index contributed by atoms with van der Waals surface area (Å²) >= 11 is 0. The van der Waals surface area contributed by atoms with Gasteiger partial charge in [-0.15, -0.1) is 0 Å². The molecule has 1 aromatic heterocycles. The molecule has 1 aromatic rings. The van der Waals surface area contributed by atoms with Gasteiger partial charge in [-0.05, 0) is 31.6 Å². The fraction of sp³-hybridized carbons (Fsp3) is 0.696. The largest absolute Gasteiger partial charge is 0.383 e. The highest BCUT2D eigenvalue weighted by Gasteiger charge is 2.49. The number of H-pyrrole nitrogens is 1. The summed E-state index contributed by atoms with van der Waals surface area (Å²) in [6.45, 7) is 5.99. The van der Waals surface area contributed by atoms with Crippen LogP contribution < -0.4 is 21.9 Å². The number of anilines is 2. The molecule has 2 aliphatic rings. The van der Waals surface area contributed by atoms with Crippen molar-refractivity contribution in [2.24, 2.45) is 17.8 Å². The Morgan fingerprint density at radius 3 is 2.27 bits per heavy atom. The standard InChI is InChI=1S/C23H35N5O5/c1-4-5-11-27-19(24)18(20(30)25-23(27)33)26(12-10-14(2)3)17(29)13-28-21(31)15-8-6-7-9-16(15)22(28)32/h14-16H,4-13,24H2,1-3H3,(H,25,30,33)/t15-,16-/m1/s1. The lowest BCUT2D eigenvalue weighted by atomic mass is 9.81. The maximum Gasteiger partial charge on any atom is 0.330 e. The second-order valence-corrected chi connectivity index (χ2v) is 9.49. The van der Waals surface area contributed by atoms with Crippen LogP contribution in [0.3, 0.4) is 0 Å². The van der Waals surface area contributed by atoms with Gasteiger partial charge in [-0.25, -0.2) is 4.79 Å². The third-order valence-electron chi connectivity index (χ3n) is 6.68. The Labute approximate surface area is 193 Å². The number of aromatic amines is 1. The molecule has 2 atom stereocenters. The summed E-state index contributed by atoms with van der Waals surface area (Å²) in [6.07, 6.45) is 5.18. The lowest BCUT2D eigenvalue weighted by Gasteiger charge is -2.27. The maximum atomic E-state index is 13.4. The summed E-state index contributed by atoms with van der Waals surface area (Å²) in [5.41, 5.74) is 4.75. The highest BCUT2D eigenvalue weighted by Crippen LogP contribution is 2.38. The van der Waals surface area contributed by atoms with E-state index in [1.807, 2.05) is 20.8 Å². The maximum absolute atomic E-state index is 13.4. The summed E-state index contributed by atoms with van der Waals surface area (Å²) < 4.78 is 1.26. The van der Waals surface area contributed by atoms with Gasteiger partial charge in [0.2, 0.25) is 17.7 Å². The van der Waals surface area contributed by atoms with Crippen LogP contribution in [0.5, 0.6) is 0 Å². The van der Waals surface area contributed by atoms with Gasteiger partial charge < -0.3 is 10.6 Å². The molecule has 10 nitrogen and oxygen atoms in total. The number of hydrogen-bond acceptors (Lipinski definition) is 6. The second kappa shape index (κ2) is 10.4.